The largest absolute Gasteiger partial charge is 0.490 e. The molecule has 0 aliphatic carbocycles. The molecule has 0 aliphatic rings. The van der Waals surface area contributed by atoms with Gasteiger partial charge in [0.15, 0.2) is 0 Å². The van der Waals surface area contributed by atoms with Crippen molar-refractivity contribution in [1.29, 1.82) is 0 Å². The lowest BCUT2D eigenvalue weighted by atomic mass is 10.1. The maximum atomic E-state index is 13.0. The van der Waals surface area contributed by atoms with Crippen molar-refractivity contribution in [3.05, 3.63) is 65.2 Å². The highest BCUT2D eigenvalue weighted by Crippen LogP contribution is 2.35. The Bertz CT molecular complexity index is 797. The number of aliphatic hydroxyl groups excluding tert-OH is 1. The Morgan fingerprint density at radius 2 is 1.83 bits per heavy atom. The van der Waals surface area contributed by atoms with Crippen LogP contribution in [0.3, 0.4) is 0 Å². The number of hydrogen-bond acceptors (Lipinski definition) is 4. The summed E-state index contributed by atoms with van der Waals surface area (Å²) in [5, 5.41) is 10.1. The number of halogens is 3. The van der Waals surface area contributed by atoms with E-state index in [9.17, 15) is 23.1 Å². The molecule has 0 bridgehead atoms. The number of rotatable bonds is 9. The number of thioether (sulfide) groups is 1. The van der Waals surface area contributed by atoms with E-state index in [1.165, 1.54) is 30.1 Å². The summed E-state index contributed by atoms with van der Waals surface area (Å²) in [6.07, 6.45) is -5.68. The number of nitrogens with zero attached hydrogens (tertiary/aromatic N) is 1. The molecule has 1 N–H and O–H groups in total. The van der Waals surface area contributed by atoms with Gasteiger partial charge in [0, 0.05) is 24.9 Å². The average molecular weight is 427 g/mol. The van der Waals surface area contributed by atoms with Gasteiger partial charge in [0.1, 0.15) is 18.5 Å². The molecule has 0 aromatic heterocycles. The number of aliphatic hydroxyl groups is 1. The van der Waals surface area contributed by atoms with Crippen molar-refractivity contribution < 1.29 is 27.8 Å². The first-order valence-electron chi connectivity index (χ1n) is 9.11. The predicted octanol–water partition coefficient (Wildman–Crippen LogP) is 4.47. The fourth-order valence-corrected chi connectivity index (χ4v) is 3.28. The fourth-order valence-electron chi connectivity index (χ4n) is 2.65. The first-order valence-corrected chi connectivity index (χ1v) is 10.3. The molecule has 2 rings (SSSR count). The zero-order chi connectivity index (χ0) is 21.4. The molecule has 0 saturated heterocycles. The Kier molecular flexibility index (Phi) is 8.40. The standard InChI is InChI=1S/C21H24F3NO3S/c1-3-29-14-15-8-10-16(11-9-15)20(27)25(2)12-17(26)13-28-19-7-5-4-6-18(19)21(22,23)24/h4-11,17,26H,3,12-14H2,1-2H3. The van der Waals surface area contributed by atoms with Crippen LogP contribution in [-0.2, 0) is 11.9 Å². The molecule has 1 amide bonds. The molecule has 2 aromatic carbocycles. The summed E-state index contributed by atoms with van der Waals surface area (Å²) in [5.41, 5.74) is 0.694. The van der Waals surface area contributed by atoms with Crippen LogP contribution in [0, 0.1) is 0 Å². The number of alkyl halides is 3. The van der Waals surface area contributed by atoms with Crippen LogP contribution >= 0.6 is 11.8 Å². The molecule has 0 saturated carbocycles. The van der Waals surface area contributed by atoms with Gasteiger partial charge in [-0.25, -0.2) is 0 Å². The maximum absolute atomic E-state index is 13.0. The quantitative estimate of drug-likeness (QED) is 0.642. The second-order valence-electron chi connectivity index (χ2n) is 6.48. The van der Waals surface area contributed by atoms with Crippen molar-refractivity contribution in [1.82, 2.24) is 4.90 Å². The van der Waals surface area contributed by atoms with Crippen LogP contribution in [-0.4, -0.2) is 48.0 Å². The van der Waals surface area contributed by atoms with E-state index >= 15 is 0 Å². The molecule has 2 aromatic rings. The van der Waals surface area contributed by atoms with Crippen molar-refractivity contribution >= 4 is 17.7 Å². The predicted molar refractivity (Wildman–Crippen MR) is 108 cm³/mol. The number of para-hydroxylation sites is 1. The molecule has 0 radical (unpaired) electrons. The highest BCUT2D eigenvalue weighted by atomic mass is 32.2. The fraction of sp³-hybridized carbons (Fsp3) is 0.381. The van der Waals surface area contributed by atoms with Crippen LogP contribution in [0.5, 0.6) is 5.75 Å². The molecule has 4 nitrogen and oxygen atoms in total. The first kappa shape index (κ1) is 23.1. The van der Waals surface area contributed by atoms with Crippen LogP contribution in [0.15, 0.2) is 48.5 Å². The molecule has 0 heterocycles. The van der Waals surface area contributed by atoms with E-state index in [0.29, 0.717) is 5.56 Å². The number of benzene rings is 2. The third-order valence-corrected chi connectivity index (χ3v) is 5.07. The van der Waals surface area contributed by atoms with Gasteiger partial charge in [0.2, 0.25) is 0 Å². The summed E-state index contributed by atoms with van der Waals surface area (Å²) < 4.78 is 44.1. The van der Waals surface area contributed by atoms with E-state index < -0.39 is 17.8 Å². The molecule has 0 aliphatic heterocycles. The topological polar surface area (TPSA) is 49.8 Å². The zero-order valence-corrected chi connectivity index (χ0v) is 17.1. The summed E-state index contributed by atoms with van der Waals surface area (Å²) in [6.45, 7) is 1.65. The van der Waals surface area contributed by atoms with Gasteiger partial charge in [0.25, 0.3) is 5.91 Å². The number of carbonyl (C=O) groups excluding carboxylic acids is 1. The van der Waals surface area contributed by atoms with Crippen molar-refractivity contribution in [2.24, 2.45) is 0 Å². The Morgan fingerprint density at radius 3 is 2.45 bits per heavy atom. The van der Waals surface area contributed by atoms with Gasteiger partial charge >= 0.3 is 6.18 Å². The van der Waals surface area contributed by atoms with Gasteiger partial charge in [0.05, 0.1) is 5.56 Å². The van der Waals surface area contributed by atoms with Crippen LogP contribution in [0.4, 0.5) is 13.2 Å². The molecular weight excluding hydrogens is 403 g/mol. The minimum absolute atomic E-state index is 0.0690. The van der Waals surface area contributed by atoms with E-state index in [2.05, 4.69) is 6.92 Å². The number of amides is 1. The number of likely N-dealkylation sites (N-methyl/N-ethyl adjacent to an activating group) is 1. The Labute approximate surface area is 172 Å². The van der Waals surface area contributed by atoms with E-state index in [0.717, 1.165) is 23.1 Å². The number of ether oxygens (including phenoxy) is 1. The molecule has 0 spiro atoms. The van der Waals surface area contributed by atoms with Gasteiger partial charge in [-0.1, -0.05) is 31.2 Å². The zero-order valence-electron chi connectivity index (χ0n) is 16.3. The molecule has 158 valence electrons. The van der Waals surface area contributed by atoms with Gasteiger partial charge < -0.3 is 14.7 Å². The second-order valence-corrected chi connectivity index (χ2v) is 7.75. The maximum Gasteiger partial charge on any atom is 0.419 e. The van der Waals surface area contributed by atoms with E-state index in [-0.39, 0.29) is 24.8 Å². The third kappa shape index (κ3) is 6.97. The number of hydrogen-bond donors (Lipinski definition) is 1. The molecular formula is C21H24F3NO3S. The minimum atomic E-state index is -4.55. The Hall–Kier alpha value is -2.19. The lowest BCUT2D eigenvalue weighted by molar-refractivity contribution is -0.139. The van der Waals surface area contributed by atoms with Crippen LogP contribution in [0.25, 0.3) is 0 Å². The van der Waals surface area contributed by atoms with E-state index in [4.69, 9.17) is 4.74 Å². The van der Waals surface area contributed by atoms with Crippen LogP contribution in [0.1, 0.15) is 28.4 Å². The van der Waals surface area contributed by atoms with Gasteiger partial charge in [-0.2, -0.15) is 24.9 Å². The van der Waals surface area contributed by atoms with E-state index in [1.54, 1.807) is 23.9 Å². The summed E-state index contributed by atoms with van der Waals surface area (Å²) in [6, 6.07) is 12.0. The molecule has 1 unspecified atom stereocenters. The lowest BCUT2D eigenvalue weighted by Gasteiger charge is -2.22. The Morgan fingerprint density at radius 1 is 1.17 bits per heavy atom. The normalized spacial score (nSPS) is 12.5. The summed E-state index contributed by atoms with van der Waals surface area (Å²) in [7, 11) is 1.52. The minimum Gasteiger partial charge on any atom is -0.490 e. The summed E-state index contributed by atoms with van der Waals surface area (Å²) in [5.74, 6) is 1.25. The average Bonchev–Trinajstić information content (AvgIpc) is 2.70. The molecule has 29 heavy (non-hydrogen) atoms. The summed E-state index contributed by atoms with van der Waals surface area (Å²) in [4.78, 5) is 13.8. The van der Waals surface area contributed by atoms with Crippen LogP contribution in [0.2, 0.25) is 0 Å². The first-order chi connectivity index (χ1) is 13.7. The van der Waals surface area contributed by atoms with Gasteiger partial charge in [-0.15, -0.1) is 0 Å². The van der Waals surface area contributed by atoms with Crippen molar-refractivity contribution in [2.75, 3.05) is 26.0 Å². The summed E-state index contributed by atoms with van der Waals surface area (Å²) >= 11 is 1.78. The van der Waals surface area contributed by atoms with Crippen molar-refractivity contribution in [2.45, 2.75) is 25.0 Å². The smallest absolute Gasteiger partial charge is 0.419 e. The van der Waals surface area contributed by atoms with Crippen molar-refractivity contribution in [3.8, 4) is 5.75 Å². The lowest BCUT2D eigenvalue weighted by Crippen LogP contribution is -2.37. The van der Waals surface area contributed by atoms with Crippen molar-refractivity contribution in [3.63, 3.8) is 0 Å². The van der Waals surface area contributed by atoms with Gasteiger partial charge in [-0.3, -0.25) is 4.79 Å². The molecule has 1 atom stereocenters. The van der Waals surface area contributed by atoms with Crippen LogP contribution < -0.4 is 4.74 Å². The van der Waals surface area contributed by atoms with Gasteiger partial charge in [-0.05, 0) is 35.6 Å². The monoisotopic (exact) mass is 427 g/mol. The third-order valence-electron chi connectivity index (χ3n) is 4.13. The SMILES string of the molecule is CCSCc1ccc(C(=O)N(C)CC(O)COc2ccccc2C(F)(F)F)cc1. The highest BCUT2D eigenvalue weighted by molar-refractivity contribution is 7.98. The highest BCUT2D eigenvalue weighted by Gasteiger charge is 2.34. The molecule has 8 heteroatoms. The number of carbonyl (C=O) groups is 1. The second kappa shape index (κ2) is 10.5. The molecule has 0 fully saturated rings. The van der Waals surface area contributed by atoms with E-state index in [1.807, 2.05) is 12.1 Å². The Balaban J connectivity index is 1.90.